The number of rotatable bonds is 5. The first kappa shape index (κ1) is 21.0. The summed E-state index contributed by atoms with van der Waals surface area (Å²) in [5.41, 5.74) is 3.33. The van der Waals surface area contributed by atoms with Crippen molar-refractivity contribution < 1.29 is 14.3 Å². The van der Waals surface area contributed by atoms with Crippen LogP contribution in [0.15, 0.2) is 53.3 Å². The molecule has 0 bridgehead atoms. The number of aromatic nitrogens is 2. The largest absolute Gasteiger partial charge is 0.461 e. The lowest BCUT2D eigenvalue weighted by Gasteiger charge is -2.13. The van der Waals surface area contributed by atoms with Gasteiger partial charge in [-0.1, -0.05) is 23.8 Å². The van der Waals surface area contributed by atoms with Crippen LogP contribution in [-0.2, 0) is 4.74 Å². The minimum atomic E-state index is -0.728. The van der Waals surface area contributed by atoms with Crippen LogP contribution < -0.4 is 10.9 Å². The van der Waals surface area contributed by atoms with Crippen molar-refractivity contribution >= 4 is 17.6 Å². The molecule has 7 nitrogen and oxygen atoms in total. The van der Waals surface area contributed by atoms with E-state index in [-0.39, 0.29) is 18.0 Å². The van der Waals surface area contributed by atoms with Crippen LogP contribution in [0.1, 0.15) is 44.5 Å². The maximum Gasteiger partial charge on any atom is 0.360 e. The van der Waals surface area contributed by atoms with Crippen molar-refractivity contribution in [2.75, 3.05) is 11.9 Å². The van der Waals surface area contributed by atoms with Gasteiger partial charge in [0.1, 0.15) is 0 Å². The van der Waals surface area contributed by atoms with Crippen LogP contribution in [0.4, 0.5) is 5.69 Å². The highest BCUT2D eigenvalue weighted by Crippen LogP contribution is 2.17. The van der Waals surface area contributed by atoms with Crippen LogP contribution in [0.25, 0.3) is 5.69 Å². The van der Waals surface area contributed by atoms with Crippen LogP contribution in [-0.4, -0.2) is 28.3 Å². The number of hydrogen-bond donors (Lipinski definition) is 1. The fourth-order valence-electron chi connectivity index (χ4n) is 2.85. The molecule has 30 heavy (non-hydrogen) atoms. The molecule has 1 heterocycles. The monoisotopic (exact) mass is 405 g/mol. The van der Waals surface area contributed by atoms with Crippen LogP contribution in [0.3, 0.4) is 0 Å². The fraction of sp³-hybridized carbons (Fsp3) is 0.217. The third kappa shape index (κ3) is 4.46. The first-order valence-electron chi connectivity index (χ1n) is 9.57. The van der Waals surface area contributed by atoms with Crippen molar-refractivity contribution in [3.05, 3.63) is 86.8 Å². The number of benzene rings is 2. The Bertz CT molecular complexity index is 1160. The molecule has 0 saturated heterocycles. The molecule has 0 atom stereocenters. The number of aryl methyl sites for hydroxylation is 3. The van der Waals surface area contributed by atoms with Crippen molar-refractivity contribution in [2.45, 2.75) is 27.7 Å². The molecule has 0 spiro atoms. The number of anilines is 1. The minimum absolute atomic E-state index is 0.00467. The summed E-state index contributed by atoms with van der Waals surface area (Å²) in [6, 6.07) is 13.6. The predicted octanol–water partition coefficient (Wildman–Crippen LogP) is 3.59. The van der Waals surface area contributed by atoms with Crippen LogP contribution in [0.5, 0.6) is 0 Å². The number of carbonyl (C=O) groups is 2. The molecule has 3 rings (SSSR count). The summed E-state index contributed by atoms with van der Waals surface area (Å²) in [5, 5.41) is 6.81. The smallest absolute Gasteiger partial charge is 0.360 e. The number of amides is 1. The van der Waals surface area contributed by atoms with E-state index >= 15 is 0 Å². The molecule has 0 radical (unpaired) electrons. The fourth-order valence-corrected chi connectivity index (χ4v) is 2.85. The second-order valence-electron chi connectivity index (χ2n) is 6.97. The standard InChI is InChI=1S/C23H23N3O4/c1-5-30-23(29)21-19(24-22(28)17-9-8-15(3)16(4)12-17)13-20(27)26(25-21)18-10-6-14(2)7-11-18/h6-13H,5H2,1-4H3,(H,24,28). The van der Waals surface area contributed by atoms with Gasteiger partial charge in [-0.2, -0.15) is 9.78 Å². The molecule has 0 aliphatic carbocycles. The van der Waals surface area contributed by atoms with Crippen molar-refractivity contribution in [1.29, 1.82) is 0 Å². The Morgan fingerprint density at radius 3 is 2.33 bits per heavy atom. The third-order valence-electron chi connectivity index (χ3n) is 4.70. The Kier molecular flexibility index (Phi) is 6.11. The van der Waals surface area contributed by atoms with E-state index in [0.29, 0.717) is 11.3 Å². The Balaban J connectivity index is 2.04. The van der Waals surface area contributed by atoms with Crippen molar-refractivity contribution in [3.63, 3.8) is 0 Å². The summed E-state index contributed by atoms with van der Waals surface area (Å²) in [6.07, 6.45) is 0. The first-order chi connectivity index (χ1) is 14.3. The Morgan fingerprint density at radius 2 is 1.70 bits per heavy atom. The van der Waals surface area contributed by atoms with E-state index in [2.05, 4.69) is 10.4 Å². The van der Waals surface area contributed by atoms with E-state index in [9.17, 15) is 14.4 Å². The molecule has 0 saturated carbocycles. The van der Waals surface area contributed by atoms with E-state index in [1.807, 2.05) is 39.0 Å². The van der Waals surface area contributed by atoms with Gasteiger partial charge in [0.15, 0.2) is 5.69 Å². The molecule has 0 unspecified atom stereocenters. The number of nitrogens with one attached hydrogen (secondary N) is 1. The second-order valence-corrected chi connectivity index (χ2v) is 6.97. The molecule has 1 aromatic heterocycles. The molecular formula is C23H23N3O4. The molecule has 0 aliphatic heterocycles. The summed E-state index contributed by atoms with van der Waals surface area (Å²) in [4.78, 5) is 37.9. The molecule has 154 valence electrons. The zero-order valence-electron chi connectivity index (χ0n) is 17.4. The summed E-state index contributed by atoms with van der Waals surface area (Å²) >= 11 is 0. The Morgan fingerprint density at radius 1 is 1.00 bits per heavy atom. The summed E-state index contributed by atoms with van der Waals surface area (Å²) in [7, 11) is 0. The van der Waals surface area contributed by atoms with Crippen molar-refractivity contribution in [2.24, 2.45) is 0 Å². The van der Waals surface area contributed by atoms with Gasteiger partial charge in [-0.15, -0.1) is 0 Å². The molecule has 1 N–H and O–H groups in total. The second kappa shape index (κ2) is 8.73. The number of esters is 1. The average Bonchev–Trinajstić information content (AvgIpc) is 2.71. The van der Waals surface area contributed by atoms with Gasteiger partial charge in [0.05, 0.1) is 18.0 Å². The zero-order valence-corrected chi connectivity index (χ0v) is 17.4. The molecule has 0 aliphatic rings. The third-order valence-corrected chi connectivity index (χ3v) is 4.70. The Hall–Kier alpha value is -3.74. The summed E-state index contributed by atoms with van der Waals surface area (Å²) < 4.78 is 6.18. The van der Waals surface area contributed by atoms with E-state index < -0.39 is 17.4 Å². The molecule has 2 aromatic carbocycles. The highest BCUT2D eigenvalue weighted by atomic mass is 16.5. The van der Waals surface area contributed by atoms with Crippen LogP contribution in [0, 0.1) is 20.8 Å². The lowest BCUT2D eigenvalue weighted by molar-refractivity contribution is 0.0518. The number of carbonyl (C=O) groups excluding carboxylic acids is 2. The van der Waals surface area contributed by atoms with Gasteiger partial charge in [0.25, 0.3) is 11.5 Å². The minimum Gasteiger partial charge on any atom is -0.461 e. The van der Waals surface area contributed by atoms with Gasteiger partial charge in [0.2, 0.25) is 0 Å². The molecule has 1 amide bonds. The van der Waals surface area contributed by atoms with Gasteiger partial charge in [-0.25, -0.2) is 4.79 Å². The number of nitrogens with zero attached hydrogens (tertiary/aromatic N) is 2. The highest BCUT2D eigenvalue weighted by molar-refractivity contribution is 6.07. The average molecular weight is 405 g/mol. The first-order valence-corrected chi connectivity index (χ1v) is 9.57. The van der Waals surface area contributed by atoms with Gasteiger partial charge in [-0.05, 0) is 63.1 Å². The normalized spacial score (nSPS) is 10.5. The maximum absolute atomic E-state index is 12.7. The quantitative estimate of drug-likeness (QED) is 0.655. The van der Waals surface area contributed by atoms with E-state index in [1.165, 1.54) is 6.07 Å². The summed E-state index contributed by atoms with van der Waals surface area (Å²) in [6.45, 7) is 7.58. The molecule has 3 aromatic rings. The van der Waals surface area contributed by atoms with E-state index in [4.69, 9.17) is 4.74 Å². The van der Waals surface area contributed by atoms with E-state index in [1.54, 1.807) is 31.2 Å². The maximum atomic E-state index is 12.7. The molecule has 7 heteroatoms. The predicted molar refractivity (Wildman–Crippen MR) is 114 cm³/mol. The number of ether oxygens (including phenoxy) is 1. The van der Waals surface area contributed by atoms with Crippen LogP contribution in [0.2, 0.25) is 0 Å². The lowest BCUT2D eigenvalue weighted by atomic mass is 10.1. The summed E-state index contributed by atoms with van der Waals surface area (Å²) in [5.74, 6) is -1.17. The zero-order chi connectivity index (χ0) is 21.8. The SMILES string of the molecule is CCOC(=O)c1nn(-c2ccc(C)cc2)c(=O)cc1NC(=O)c1ccc(C)c(C)c1. The number of hydrogen-bond acceptors (Lipinski definition) is 5. The highest BCUT2D eigenvalue weighted by Gasteiger charge is 2.20. The molecule has 0 fully saturated rings. The van der Waals surface area contributed by atoms with Gasteiger partial charge >= 0.3 is 5.97 Å². The lowest BCUT2D eigenvalue weighted by Crippen LogP contribution is -2.27. The Labute approximate surface area is 174 Å². The van der Waals surface area contributed by atoms with Crippen molar-refractivity contribution in [1.82, 2.24) is 9.78 Å². The van der Waals surface area contributed by atoms with Gasteiger partial charge in [-0.3, -0.25) is 9.59 Å². The topological polar surface area (TPSA) is 90.3 Å². The van der Waals surface area contributed by atoms with Gasteiger partial charge < -0.3 is 10.1 Å². The van der Waals surface area contributed by atoms with Crippen LogP contribution >= 0.6 is 0 Å². The van der Waals surface area contributed by atoms with Crippen molar-refractivity contribution in [3.8, 4) is 5.69 Å². The molecular weight excluding hydrogens is 382 g/mol. The van der Waals surface area contributed by atoms with Gasteiger partial charge in [0, 0.05) is 11.6 Å². The van der Waals surface area contributed by atoms with E-state index in [0.717, 1.165) is 21.4 Å².